The number of nitrogens with zero attached hydrogens (tertiary/aromatic N) is 4. The molecule has 130 valence electrons. The van der Waals surface area contributed by atoms with Gasteiger partial charge >= 0.3 is 0 Å². The van der Waals surface area contributed by atoms with Gasteiger partial charge in [-0.1, -0.05) is 23.5 Å². The number of piperazine rings is 1. The summed E-state index contributed by atoms with van der Waals surface area (Å²) >= 11 is 7.00. The zero-order valence-electron chi connectivity index (χ0n) is 14.5. The third-order valence-electron chi connectivity index (χ3n) is 4.09. The van der Waals surface area contributed by atoms with Crippen molar-refractivity contribution in [2.24, 2.45) is 0 Å². The molecule has 0 radical (unpaired) electrons. The first-order valence-corrected chi connectivity index (χ1v) is 9.62. The van der Waals surface area contributed by atoms with Crippen molar-refractivity contribution in [2.75, 3.05) is 36.4 Å². The second-order valence-electron chi connectivity index (χ2n) is 6.56. The van der Waals surface area contributed by atoms with Gasteiger partial charge in [-0.25, -0.2) is 4.68 Å². The minimum atomic E-state index is 0.372. The van der Waals surface area contributed by atoms with E-state index in [1.807, 2.05) is 4.68 Å². The highest BCUT2D eigenvalue weighted by atomic mass is 32.1. The van der Waals surface area contributed by atoms with Crippen molar-refractivity contribution in [3.8, 4) is 0 Å². The first kappa shape index (κ1) is 17.4. The van der Waals surface area contributed by atoms with Gasteiger partial charge in [-0.3, -0.25) is 4.90 Å². The Labute approximate surface area is 152 Å². The monoisotopic (exact) mass is 363 g/mol. The summed E-state index contributed by atoms with van der Waals surface area (Å²) in [6.07, 6.45) is 0. The summed E-state index contributed by atoms with van der Waals surface area (Å²) in [5.74, 6) is 0. The van der Waals surface area contributed by atoms with E-state index in [0.717, 1.165) is 41.9 Å². The Kier molecular flexibility index (Phi) is 5.53. The number of aryl methyl sites for hydroxylation is 1. The molecule has 1 aliphatic heterocycles. The molecule has 1 aromatic carbocycles. The summed E-state index contributed by atoms with van der Waals surface area (Å²) in [5.41, 5.74) is 2.64. The molecule has 24 heavy (non-hydrogen) atoms. The van der Waals surface area contributed by atoms with Gasteiger partial charge in [-0.05, 0) is 50.7 Å². The van der Waals surface area contributed by atoms with Crippen molar-refractivity contribution >= 4 is 34.4 Å². The molecule has 0 unspecified atom stereocenters. The molecule has 1 aromatic heterocycles. The molecular formula is C17H25N5S2. The number of anilines is 2. The zero-order chi connectivity index (χ0) is 17.1. The fraction of sp³-hybridized carbons (Fsp3) is 0.529. The maximum absolute atomic E-state index is 5.45. The van der Waals surface area contributed by atoms with Gasteiger partial charge in [0.2, 0.25) is 5.13 Å². The van der Waals surface area contributed by atoms with Crippen molar-refractivity contribution in [3.63, 3.8) is 0 Å². The molecule has 3 rings (SSSR count). The van der Waals surface area contributed by atoms with E-state index in [2.05, 4.69) is 65.3 Å². The maximum atomic E-state index is 5.45. The van der Waals surface area contributed by atoms with Gasteiger partial charge in [0, 0.05) is 37.9 Å². The Bertz CT molecular complexity index is 729. The van der Waals surface area contributed by atoms with Crippen LogP contribution in [0.1, 0.15) is 19.4 Å². The lowest BCUT2D eigenvalue weighted by Gasteiger charge is -2.36. The van der Waals surface area contributed by atoms with E-state index in [4.69, 9.17) is 12.2 Å². The van der Waals surface area contributed by atoms with Crippen LogP contribution in [0.5, 0.6) is 0 Å². The minimum Gasteiger partial charge on any atom is -0.369 e. The zero-order valence-corrected chi connectivity index (χ0v) is 16.2. The number of hydrogen-bond donors (Lipinski definition) is 1. The number of aromatic nitrogens is 2. The third kappa shape index (κ3) is 4.34. The van der Waals surface area contributed by atoms with Crippen LogP contribution in [0.25, 0.3) is 0 Å². The second-order valence-corrected chi connectivity index (χ2v) is 8.18. The van der Waals surface area contributed by atoms with Crippen molar-refractivity contribution in [3.05, 3.63) is 33.8 Å². The smallest absolute Gasteiger partial charge is 0.204 e. The molecule has 1 N–H and O–H groups in total. The van der Waals surface area contributed by atoms with Crippen molar-refractivity contribution < 1.29 is 0 Å². The van der Waals surface area contributed by atoms with Crippen LogP contribution in [0.4, 0.5) is 10.8 Å². The molecule has 0 atom stereocenters. The number of hydrogen-bond acceptors (Lipinski definition) is 6. The average Bonchev–Trinajstić information content (AvgIpc) is 2.86. The Hall–Kier alpha value is -1.44. The van der Waals surface area contributed by atoms with Crippen LogP contribution in [-0.2, 0) is 6.67 Å². The third-order valence-corrected chi connectivity index (χ3v) is 5.33. The maximum Gasteiger partial charge on any atom is 0.204 e. The van der Waals surface area contributed by atoms with E-state index in [1.165, 1.54) is 11.3 Å². The highest BCUT2D eigenvalue weighted by Crippen LogP contribution is 2.19. The molecule has 1 aliphatic rings. The number of benzene rings is 1. The Balaban J connectivity index is 1.57. The van der Waals surface area contributed by atoms with Crippen LogP contribution < -0.4 is 10.2 Å². The van der Waals surface area contributed by atoms with E-state index in [1.54, 1.807) is 11.3 Å². The normalized spacial score (nSPS) is 15.9. The van der Waals surface area contributed by atoms with E-state index in [0.29, 0.717) is 6.04 Å². The van der Waals surface area contributed by atoms with Crippen LogP contribution in [0.3, 0.4) is 0 Å². The largest absolute Gasteiger partial charge is 0.369 e. The van der Waals surface area contributed by atoms with Crippen LogP contribution in [0, 0.1) is 10.9 Å². The van der Waals surface area contributed by atoms with E-state index >= 15 is 0 Å². The van der Waals surface area contributed by atoms with Gasteiger partial charge < -0.3 is 10.2 Å². The van der Waals surface area contributed by atoms with Gasteiger partial charge in [-0.2, -0.15) is 0 Å². The summed E-state index contributed by atoms with van der Waals surface area (Å²) in [6, 6.07) is 9.11. The lowest BCUT2D eigenvalue weighted by atomic mass is 10.2. The Morgan fingerprint density at radius 1 is 1.25 bits per heavy atom. The first-order chi connectivity index (χ1) is 11.5. The highest BCUT2D eigenvalue weighted by Gasteiger charge is 2.18. The van der Waals surface area contributed by atoms with Gasteiger partial charge in [0.05, 0.1) is 6.67 Å². The summed E-state index contributed by atoms with van der Waals surface area (Å²) in [4.78, 5) is 4.87. The highest BCUT2D eigenvalue weighted by molar-refractivity contribution is 7.73. The molecule has 0 bridgehead atoms. The molecule has 0 amide bonds. The van der Waals surface area contributed by atoms with Crippen LogP contribution in [-0.4, -0.2) is 46.9 Å². The van der Waals surface area contributed by atoms with Gasteiger partial charge in [-0.15, -0.1) is 5.10 Å². The van der Waals surface area contributed by atoms with Gasteiger partial charge in [0.25, 0.3) is 0 Å². The number of nitrogens with one attached hydrogen (secondary N) is 1. The van der Waals surface area contributed by atoms with Crippen LogP contribution in [0.15, 0.2) is 24.3 Å². The van der Waals surface area contributed by atoms with E-state index < -0.39 is 0 Å². The first-order valence-electron chi connectivity index (χ1n) is 8.40. The predicted molar refractivity (Wildman–Crippen MR) is 105 cm³/mol. The lowest BCUT2D eigenvalue weighted by Crippen LogP contribution is -2.47. The summed E-state index contributed by atoms with van der Waals surface area (Å²) in [7, 11) is 0. The molecule has 2 heterocycles. The van der Waals surface area contributed by atoms with Crippen LogP contribution >= 0.6 is 23.6 Å². The van der Waals surface area contributed by atoms with Crippen molar-refractivity contribution in [1.82, 2.24) is 14.7 Å². The second kappa shape index (κ2) is 7.63. The topological polar surface area (TPSA) is 36.3 Å². The molecule has 1 saturated heterocycles. The van der Waals surface area contributed by atoms with Gasteiger partial charge in [0.15, 0.2) is 3.95 Å². The SMILES string of the molecule is Cc1cccc(N2CCN(Cn3nc(NC(C)C)sc3=S)CC2)c1. The standard InChI is InChI=1S/C17H25N5S2/c1-13(2)18-16-19-22(17(23)24-16)12-20-7-9-21(10-8-20)15-6-4-5-14(3)11-15/h4-6,11,13H,7-10,12H2,1-3H3,(H,18,19). The molecule has 0 spiro atoms. The molecule has 5 nitrogen and oxygen atoms in total. The molecule has 1 fully saturated rings. The molecule has 7 heteroatoms. The fourth-order valence-electron chi connectivity index (χ4n) is 2.86. The minimum absolute atomic E-state index is 0.372. The number of rotatable bonds is 5. The van der Waals surface area contributed by atoms with E-state index in [9.17, 15) is 0 Å². The van der Waals surface area contributed by atoms with Gasteiger partial charge in [0.1, 0.15) is 0 Å². The molecular weight excluding hydrogens is 338 g/mol. The summed E-state index contributed by atoms with van der Waals surface area (Å²) in [5, 5.41) is 8.84. The Morgan fingerprint density at radius 2 is 2.00 bits per heavy atom. The Morgan fingerprint density at radius 3 is 2.67 bits per heavy atom. The predicted octanol–water partition coefficient (Wildman–Crippen LogP) is 3.58. The quantitative estimate of drug-likeness (QED) is 0.822. The molecule has 2 aromatic rings. The summed E-state index contributed by atoms with van der Waals surface area (Å²) in [6.45, 7) is 11.3. The molecule has 0 saturated carbocycles. The van der Waals surface area contributed by atoms with Crippen molar-refractivity contribution in [2.45, 2.75) is 33.5 Å². The lowest BCUT2D eigenvalue weighted by molar-refractivity contribution is 0.195. The van der Waals surface area contributed by atoms with E-state index in [-0.39, 0.29) is 0 Å². The average molecular weight is 364 g/mol. The molecule has 0 aliphatic carbocycles. The van der Waals surface area contributed by atoms with Crippen LogP contribution in [0.2, 0.25) is 0 Å². The fourth-order valence-corrected chi connectivity index (χ4v) is 4.00. The van der Waals surface area contributed by atoms with Crippen molar-refractivity contribution in [1.29, 1.82) is 0 Å². The summed E-state index contributed by atoms with van der Waals surface area (Å²) < 4.78 is 2.77.